The molecule has 1 N–H and O–H groups in total. The molecule has 0 saturated carbocycles. The van der Waals surface area contributed by atoms with E-state index >= 15 is 0 Å². The zero-order valence-electron chi connectivity index (χ0n) is 12.1. The molecule has 0 aromatic heterocycles. The summed E-state index contributed by atoms with van der Waals surface area (Å²) in [5.41, 5.74) is 0.833. The molecule has 1 aromatic rings. The summed E-state index contributed by atoms with van der Waals surface area (Å²) in [5, 5.41) is 11.0. The molecule has 2 fully saturated rings. The molecule has 21 heavy (non-hydrogen) atoms. The van der Waals surface area contributed by atoms with Gasteiger partial charge in [0.05, 0.1) is 6.10 Å². The van der Waals surface area contributed by atoms with Crippen LogP contribution in [-0.2, 0) is 0 Å². The van der Waals surface area contributed by atoms with Gasteiger partial charge in [0.1, 0.15) is 0 Å². The highest BCUT2D eigenvalue weighted by molar-refractivity contribution is 9.10. The van der Waals surface area contributed by atoms with Gasteiger partial charge in [-0.15, -0.1) is 0 Å². The van der Waals surface area contributed by atoms with E-state index in [1.165, 1.54) is 25.9 Å². The van der Waals surface area contributed by atoms with Crippen LogP contribution in [0.3, 0.4) is 0 Å². The first-order chi connectivity index (χ1) is 10.1. The van der Waals surface area contributed by atoms with Gasteiger partial charge in [0.2, 0.25) is 0 Å². The Hall–Kier alpha value is -0.130. The van der Waals surface area contributed by atoms with E-state index in [4.69, 9.17) is 11.6 Å². The lowest BCUT2D eigenvalue weighted by atomic mass is 10.1. The van der Waals surface area contributed by atoms with Crippen LogP contribution in [0.5, 0.6) is 0 Å². The predicted molar refractivity (Wildman–Crippen MR) is 89.8 cm³/mol. The number of fused-ring (bicyclic) bond motifs is 1. The van der Waals surface area contributed by atoms with Gasteiger partial charge < -0.3 is 10.0 Å². The quantitative estimate of drug-likeness (QED) is 0.877. The maximum atomic E-state index is 10.4. The molecule has 5 heteroatoms. The van der Waals surface area contributed by atoms with Crippen molar-refractivity contribution in [1.29, 1.82) is 0 Å². The van der Waals surface area contributed by atoms with Crippen LogP contribution in [0.1, 0.15) is 30.9 Å². The number of nitrogens with zero attached hydrogens (tertiary/aromatic N) is 2. The van der Waals surface area contributed by atoms with Gasteiger partial charge in [0.15, 0.2) is 0 Å². The van der Waals surface area contributed by atoms with Gasteiger partial charge in [-0.2, -0.15) is 0 Å². The van der Waals surface area contributed by atoms with Crippen molar-refractivity contribution in [2.75, 3.05) is 32.7 Å². The molecule has 0 spiro atoms. The van der Waals surface area contributed by atoms with Crippen molar-refractivity contribution in [3.05, 3.63) is 33.3 Å². The molecular formula is C16H22BrClN2O. The fraction of sp³-hybridized carbons (Fsp3) is 0.625. The van der Waals surface area contributed by atoms with Crippen LogP contribution in [0.4, 0.5) is 0 Å². The minimum Gasteiger partial charge on any atom is -0.388 e. The SMILES string of the molecule is OC(CCN1CCN2CCCC2C1)c1ccc(Br)cc1Cl. The van der Waals surface area contributed by atoms with Crippen LogP contribution in [0.15, 0.2) is 22.7 Å². The number of hydrogen-bond acceptors (Lipinski definition) is 3. The molecule has 2 saturated heterocycles. The molecule has 0 aliphatic carbocycles. The molecular weight excluding hydrogens is 352 g/mol. The molecule has 0 amide bonds. The smallest absolute Gasteiger partial charge is 0.0816 e. The summed E-state index contributed by atoms with van der Waals surface area (Å²) in [5.74, 6) is 0. The summed E-state index contributed by atoms with van der Waals surface area (Å²) in [6.07, 6.45) is 2.94. The average Bonchev–Trinajstić information content (AvgIpc) is 2.92. The first-order valence-electron chi connectivity index (χ1n) is 7.73. The highest BCUT2D eigenvalue weighted by Gasteiger charge is 2.30. The van der Waals surface area contributed by atoms with E-state index in [1.807, 2.05) is 18.2 Å². The van der Waals surface area contributed by atoms with E-state index in [0.29, 0.717) is 5.02 Å². The van der Waals surface area contributed by atoms with E-state index < -0.39 is 6.10 Å². The average molecular weight is 374 g/mol. The van der Waals surface area contributed by atoms with E-state index in [-0.39, 0.29) is 0 Å². The number of aliphatic hydroxyl groups is 1. The molecule has 2 unspecified atom stereocenters. The molecule has 1 aromatic carbocycles. The second kappa shape index (κ2) is 6.97. The molecule has 2 aliphatic heterocycles. The lowest BCUT2D eigenvalue weighted by Gasteiger charge is -2.37. The number of halogens is 2. The molecule has 3 nitrogen and oxygen atoms in total. The normalized spacial score (nSPS) is 25.0. The highest BCUT2D eigenvalue weighted by Crippen LogP contribution is 2.29. The molecule has 0 radical (unpaired) electrons. The molecule has 3 rings (SSSR count). The predicted octanol–water partition coefficient (Wildman–Crippen LogP) is 3.31. The number of hydrogen-bond donors (Lipinski definition) is 1. The van der Waals surface area contributed by atoms with E-state index in [2.05, 4.69) is 25.7 Å². The van der Waals surface area contributed by atoms with Crippen molar-refractivity contribution < 1.29 is 5.11 Å². The lowest BCUT2D eigenvalue weighted by molar-refractivity contribution is 0.0835. The van der Waals surface area contributed by atoms with Gasteiger partial charge in [-0.3, -0.25) is 4.90 Å². The third-order valence-electron chi connectivity index (χ3n) is 4.71. The summed E-state index contributed by atoms with van der Waals surface area (Å²) in [4.78, 5) is 5.10. The van der Waals surface area contributed by atoms with E-state index in [1.54, 1.807) is 0 Å². The molecule has 0 bridgehead atoms. The Kier molecular flexibility index (Phi) is 5.23. The van der Waals surface area contributed by atoms with Gasteiger partial charge in [0, 0.05) is 41.7 Å². The minimum absolute atomic E-state index is 0.479. The van der Waals surface area contributed by atoms with E-state index in [9.17, 15) is 5.11 Å². The Labute approximate surface area is 140 Å². The maximum absolute atomic E-state index is 10.4. The summed E-state index contributed by atoms with van der Waals surface area (Å²) >= 11 is 9.60. The summed E-state index contributed by atoms with van der Waals surface area (Å²) in [6.45, 7) is 5.67. The third kappa shape index (κ3) is 3.80. The third-order valence-corrected chi connectivity index (χ3v) is 5.53. The summed E-state index contributed by atoms with van der Waals surface area (Å²) < 4.78 is 0.945. The Morgan fingerprint density at radius 3 is 3.00 bits per heavy atom. The van der Waals surface area contributed by atoms with Crippen LogP contribution < -0.4 is 0 Å². The lowest BCUT2D eigenvalue weighted by Crippen LogP contribution is -2.50. The second-order valence-corrected chi connectivity index (χ2v) is 7.43. The number of benzene rings is 1. The van der Waals surface area contributed by atoms with Gasteiger partial charge >= 0.3 is 0 Å². The van der Waals surface area contributed by atoms with E-state index in [0.717, 1.165) is 42.1 Å². The van der Waals surface area contributed by atoms with Crippen molar-refractivity contribution in [3.63, 3.8) is 0 Å². The molecule has 2 atom stereocenters. The Morgan fingerprint density at radius 1 is 1.33 bits per heavy atom. The fourth-order valence-electron chi connectivity index (χ4n) is 3.49. The number of piperazine rings is 1. The largest absolute Gasteiger partial charge is 0.388 e. The second-order valence-electron chi connectivity index (χ2n) is 6.10. The van der Waals surface area contributed by atoms with Gasteiger partial charge in [-0.25, -0.2) is 0 Å². The minimum atomic E-state index is -0.479. The summed E-state index contributed by atoms with van der Waals surface area (Å²) in [6, 6.07) is 6.43. The maximum Gasteiger partial charge on any atom is 0.0816 e. The Bertz CT molecular complexity index is 499. The highest BCUT2D eigenvalue weighted by atomic mass is 79.9. The number of aliphatic hydroxyl groups excluding tert-OH is 1. The monoisotopic (exact) mass is 372 g/mol. The van der Waals surface area contributed by atoms with Crippen LogP contribution >= 0.6 is 27.5 Å². The van der Waals surface area contributed by atoms with Crippen molar-refractivity contribution in [2.24, 2.45) is 0 Å². The van der Waals surface area contributed by atoms with Gasteiger partial charge in [-0.05, 0) is 43.5 Å². The van der Waals surface area contributed by atoms with Crippen molar-refractivity contribution >= 4 is 27.5 Å². The Morgan fingerprint density at radius 2 is 2.19 bits per heavy atom. The first kappa shape index (κ1) is 15.8. The molecule has 116 valence electrons. The number of rotatable bonds is 4. The molecule has 2 aliphatic rings. The van der Waals surface area contributed by atoms with Crippen molar-refractivity contribution in [1.82, 2.24) is 9.80 Å². The van der Waals surface area contributed by atoms with Crippen LogP contribution in [0.2, 0.25) is 5.02 Å². The van der Waals surface area contributed by atoms with Gasteiger partial charge in [-0.1, -0.05) is 33.6 Å². The summed E-state index contributed by atoms with van der Waals surface area (Å²) in [7, 11) is 0. The van der Waals surface area contributed by atoms with Crippen LogP contribution in [-0.4, -0.2) is 53.7 Å². The topological polar surface area (TPSA) is 26.7 Å². The Balaban J connectivity index is 1.52. The van der Waals surface area contributed by atoms with Crippen molar-refractivity contribution in [3.8, 4) is 0 Å². The standard InChI is InChI=1S/C16H22BrClN2O/c17-12-3-4-14(15(18)10-12)16(21)5-7-19-8-9-20-6-1-2-13(20)11-19/h3-4,10,13,16,21H,1-2,5-9,11H2. The van der Waals surface area contributed by atoms with Crippen LogP contribution in [0, 0.1) is 0 Å². The van der Waals surface area contributed by atoms with Gasteiger partial charge in [0.25, 0.3) is 0 Å². The molecule has 2 heterocycles. The zero-order valence-corrected chi connectivity index (χ0v) is 14.5. The zero-order chi connectivity index (χ0) is 14.8. The first-order valence-corrected chi connectivity index (χ1v) is 8.90. The fourth-order valence-corrected chi connectivity index (χ4v) is 4.29. The van der Waals surface area contributed by atoms with Crippen LogP contribution in [0.25, 0.3) is 0 Å². The van der Waals surface area contributed by atoms with Crippen molar-refractivity contribution in [2.45, 2.75) is 31.4 Å².